The lowest BCUT2D eigenvalue weighted by Gasteiger charge is -2.23. The largest absolute Gasteiger partial charge is 0.493 e. The number of nitrogens with one attached hydrogen (secondary N) is 3. The van der Waals surface area contributed by atoms with E-state index in [1.165, 1.54) is 17.6 Å². The van der Waals surface area contributed by atoms with Crippen LogP contribution in [-0.2, 0) is 11.3 Å². The van der Waals surface area contributed by atoms with E-state index in [-0.39, 0.29) is 11.0 Å². The first-order valence-corrected chi connectivity index (χ1v) is 9.84. The highest BCUT2D eigenvalue weighted by Crippen LogP contribution is 2.27. The highest BCUT2D eigenvalue weighted by Gasteiger charge is 2.15. The zero-order valence-corrected chi connectivity index (χ0v) is 17.4. The molecule has 0 atom stereocenters. The highest BCUT2D eigenvalue weighted by molar-refractivity contribution is 7.80. The number of hydrogen-bond donors (Lipinski definition) is 3. The van der Waals surface area contributed by atoms with Gasteiger partial charge in [-0.2, -0.15) is 0 Å². The molecule has 1 aliphatic heterocycles. The van der Waals surface area contributed by atoms with Gasteiger partial charge < -0.3 is 24.4 Å². The summed E-state index contributed by atoms with van der Waals surface area (Å²) >= 11 is 5.27. The number of quaternary nitrogens is 1. The molecule has 0 aliphatic carbocycles. The summed E-state index contributed by atoms with van der Waals surface area (Å²) in [5.74, 6) is 0.719. The summed E-state index contributed by atoms with van der Waals surface area (Å²) in [5.41, 5.74) is 2.51. The van der Waals surface area contributed by atoms with Gasteiger partial charge in [-0.05, 0) is 42.5 Å². The van der Waals surface area contributed by atoms with Crippen molar-refractivity contribution < 1.29 is 23.9 Å². The van der Waals surface area contributed by atoms with Crippen molar-refractivity contribution in [3.05, 3.63) is 53.6 Å². The molecule has 7 nitrogen and oxygen atoms in total. The monoisotopic (exact) mass is 416 g/mol. The van der Waals surface area contributed by atoms with Gasteiger partial charge in [0.15, 0.2) is 16.6 Å². The molecular weight excluding hydrogens is 390 g/mol. The van der Waals surface area contributed by atoms with Crippen molar-refractivity contribution in [3.8, 4) is 11.5 Å². The molecule has 1 heterocycles. The second-order valence-electron chi connectivity index (χ2n) is 6.71. The molecule has 0 aromatic heterocycles. The molecule has 1 aliphatic rings. The fourth-order valence-corrected chi connectivity index (χ4v) is 3.36. The molecule has 0 unspecified atom stereocenters. The quantitative estimate of drug-likeness (QED) is 0.616. The van der Waals surface area contributed by atoms with Crippen LogP contribution in [-0.4, -0.2) is 51.5 Å². The number of carbonyl (C=O) groups is 1. The minimum Gasteiger partial charge on any atom is -0.493 e. The third-order valence-electron chi connectivity index (χ3n) is 4.74. The van der Waals surface area contributed by atoms with E-state index in [4.69, 9.17) is 26.4 Å². The molecule has 29 heavy (non-hydrogen) atoms. The Hall–Kier alpha value is -2.68. The SMILES string of the molecule is COc1ccc(C(=O)NC(=S)Nc2ccc(C[NH+]3CCOCC3)cc2)cc1OC. The molecule has 1 saturated heterocycles. The number of methoxy groups -OCH3 is 2. The Morgan fingerprint density at radius 2 is 1.76 bits per heavy atom. The highest BCUT2D eigenvalue weighted by atomic mass is 32.1. The number of morpholine rings is 1. The molecule has 8 heteroatoms. The fraction of sp³-hybridized carbons (Fsp3) is 0.333. The summed E-state index contributed by atoms with van der Waals surface area (Å²) in [5, 5.41) is 5.95. The van der Waals surface area contributed by atoms with Crippen LogP contribution in [0.15, 0.2) is 42.5 Å². The topological polar surface area (TPSA) is 73.3 Å². The average Bonchev–Trinajstić information content (AvgIpc) is 2.75. The van der Waals surface area contributed by atoms with Crippen molar-refractivity contribution in [2.24, 2.45) is 0 Å². The minimum absolute atomic E-state index is 0.233. The first kappa shape index (κ1) is 21.0. The van der Waals surface area contributed by atoms with Gasteiger partial charge in [0.25, 0.3) is 5.91 Å². The second kappa shape index (κ2) is 10.2. The standard InChI is InChI=1S/C21H25N3O4S/c1-26-18-8-5-16(13-19(18)27-2)20(25)23-21(29)22-17-6-3-15(4-7-17)14-24-9-11-28-12-10-24/h3-8,13H,9-12,14H2,1-2H3,(H2,22,23,25,29)/p+1. The van der Waals surface area contributed by atoms with E-state index in [2.05, 4.69) is 22.8 Å². The van der Waals surface area contributed by atoms with Gasteiger partial charge in [0.1, 0.15) is 19.6 Å². The lowest BCUT2D eigenvalue weighted by atomic mass is 10.2. The number of amides is 1. The van der Waals surface area contributed by atoms with Crippen molar-refractivity contribution in [2.45, 2.75) is 6.54 Å². The van der Waals surface area contributed by atoms with E-state index in [1.54, 1.807) is 25.3 Å². The predicted octanol–water partition coefficient (Wildman–Crippen LogP) is 1.25. The van der Waals surface area contributed by atoms with Crippen molar-refractivity contribution in [3.63, 3.8) is 0 Å². The molecule has 2 aromatic rings. The number of hydrogen-bond acceptors (Lipinski definition) is 5. The number of benzene rings is 2. The normalized spacial score (nSPS) is 14.1. The maximum Gasteiger partial charge on any atom is 0.257 e. The predicted molar refractivity (Wildman–Crippen MR) is 115 cm³/mol. The van der Waals surface area contributed by atoms with Gasteiger partial charge in [-0.1, -0.05) is 12.1 Å². The van der Waals surface area contributed by atoms with Gasteiger partial charge in [0.2, 0.25) is 0 Å². The van der Waals surface area contributed by atoms with Crippen molar-refractivity contribution >= 4 is 28.9 Å². The zero-order valence-electron chi connectivity index (χ0n) is 16.6. The van der Waals surface area contributed by atoms with Crippen LogP contribution in [0.25, 0.3) is 0 Å². The van der Waals surface area contributed by atoms with E-state index < -0.39 is 0 Å². The summed E-state index contributed by atoms with van der Waals surface area (Å²) in [7, 11) is 3.07. The lowest BCUT2D eigenvalue weighted by molar-refractivity contribution is -0.921. The fourth-order valence-electron chi connectivity index (χ4n) is 3.15. The first-order valence-electron chi connectivity index (χ1n) is 9.43. The smallest absolute Gasteiger partial charge is 0.257 e. The summed E-state index contributed by atoms with van der Waals surface area (Å²) < 4.78 is 15.8. The van der Waals surface area contributed by atoms with E-state index in [0.717, 1.165) is 38.5 Å². The van der Waals surface area contributed by atoms with Crippen LogP contribution in [0.1, 0.15) is 15.9 Å². The Labute approximate surface area is 175 Å². The summed E-state index contributed by atoms with van der Waals surface area (Å²) in [6, 6.07) is 13.0. The van der Waals surface area contributed by atoms with Crippen molar-refractivity contribution in [1.82, 2.24) is 5.32 Å². The number of anilines is 1. The second-order valence-corrected chi connectivity index (χ2v) is 7.12. The number of ether oxygens (including phenoxy) is 3. The van der Waals surface area contributed by atoms with E-state index in [0.29, 0.717) is 17.1 Å². The lowest BCUT2D eigenvalue weighted by Crippen LogP contribution is -3.12. The molecule has 154 valence electrons. The van der Waals surface area contributed by atoms with Gasteiger partial charge in [-0.3, -0.25) is 10.1 Å². The summed E-state index contributed by atoms with van der Waals surface area (Å²) in [4.78, 5) is 14.0. The number of rotatable bonds is 6. The Bertz CT molecular complexity index is 852. The molecule has 3 N–H and O–H groups in total. The zero-order chi connectivity index (χ0) is 20.6. The molecular formula is C21H26N3O4S+. The average molecular weight is 417 g/mol. The van der Waals surface area contributed by atoms with Crippen LogP contribution in [0.2, 0.25) is 0 Å². The van der Waals surface area contributed by atoms with E-state index in [9.17, 15) is 4.79 Å². The van der Waals surface area contributed by atoms with E-state index >= 15 is 0 Å². The van der Waals surface area contributed by atoms with E-state index in [1.807, 2.05) is 12.1 Å². The van der Waals surface area contributed by atoms with Gasteiger partial charge in [0, 0.05) is 16.8 Å². The minimum atomic E-state index is -0.323. The van der Waals surface area contributed by atoms with Crippen LogP contribution in [0.3, 0.4) is 0 Å². The molecule has 1 fully saturated rings. The summed E-state index contributed by atoms with van der Waals surface area (Å²) in [6.07, 6.45) is 0. The van der Waals surface area contributed by atoms with Crippen molar-refractivity contribution in [2.75, 3.05) is 45.8 Å². The van der Waals surface area contributed by atoms with Crippen LogP contribution >= 0.6 is 12.2 Å². The summed E-state index contributed by atoms with van der Waals surface area (Å²) in [6.45, 7) is 4.69. The molecule has 0 radical (unpaired) electrons. The molecule has 0 bridgehead atoms. The van der Waals surface area contributed by atoms with Crippen LogP contribution < -0.4 is 25.0 Å². The molecule has 0 spiro atoms. The maximum atomic E-state index is 12.4. The number of carbonyl (C=O) groups excluding carboxylic acids is 1. The van der Waals surface area contributed by atoms with Crippen LogP contribution in [0, 0.1) is 0 Å². The Morgan fingerprint density at radius 1 is 1.07 bits per heavy atom. The number of thiocarbonyl (C=S) groups is 1. The van der Waals surface area contributed by atoms with Gasteiger partial charge >= 0.3 is 0 Å². The Morgan fingerprint density at radius 3 is 2.41 bits per heavy atom. The Balaban J connectivity index is 1.54. The van der Waals surface area contributed by atoms with Gasteiger partial charge in [-0.15, -0.1) is 0 Å². The maximum absolute atomic E-state index is 12.4. The van der Waals surface area contributed by atoms with Crippen LogP contribution in [0.5, 0.6) is 11.5 Å². The van der Waals surface area contributed by atoms with Gasteiger partial charge in [-0.25, -0.2) is 0 Å². The molecule has 1 amide bonds. The molecule has 2 aromatic carbocycles. The van der Waals surface area contributed by atoms with Crippen LogP contribution in [0.4, 0.5) is 5.69 Å². The molecule has 3 rings (SSSR count). The molecule has 0 saturated carbocycles. The first-order chi connectivity index (χ1) is 14.1. The third-order valence-corrected chi connectivity index (χ3v) is 4.94. The third kappa shape index (κ3) is 5.90. The Kier molecular flexibility index (Phi) is 7.40. The van der Waals surface area contributed by atoms with Gasteiger partial charge in [0.05, 0.1) is 27.4 Å². The van der Waals surface area contributed by atoms with Crippen molar-refractivity contribution in [1.29, 1.82) is 0 Å².